The van der Waals surface area contributed by atoms with Gasteiger partial charge in [0.05, 0.1) is 13.2 Å². The Labute approximate surface area is 159 Å². The molecule has 2 saturated carbocycles. The Kier molecular flexibility index (Phi) is 8.94. The van der Waals surface area contributed by atoms with E-state index in [1.165, 1.54) is 38.5 Å². The molecule has 2 aliphatic rings. The number of carbonyl (C=O) groups is 2. The summed E-state index contributed by atoms with van der Waals surface area (Å²) in [7, 11) is 0. The van der Waals surface area contributed by atoms with Gasteiger partial charge in [-0.1, -0.05) is 32.6 Å². The lowest BCUT2D eigenvalue weighted by Crippen LogP contribution is -2.37. The second-order valence-corrected chi connectivity index (χ2v) is 8.23. The number of esters is 2. The molecule has 4 nitrogen and oxygen atoms in total. The Balaban J connectivity index is 1.86. The first-order chi connectivity index (χ1) is 12.6. The normalized spacial score (nSPS) is 29.4. The van der Waals surface area contributed by atoms with E-state index >= 15 is 0 Å². The molecule has 0 atom stereocenters. The first kappa shape index (κ1) is 21.2. The Morgan fingerprint density at radius 3 is 1.65 bits per heavy atom. The van der Waals surface area contributed by atoms with E-state index in [4.69, 9.17) is 9.47 Å². The minimum Gasteiger partial charge on any atom is -0.465 e. The van der Waals surface area contributed by atoms with E-state index in [-0.39, 0.29) is 5.92 Å². The summed E-state index contributed by atoms with van der Waals surface area (Å²) in [6, 6.07) is 0. The average Bonchev–Trinajstić information content (AvgIpc) is 2.64. The number of carbonyl (C=O) groups excluding carboxylic acids is 2. The highest BCUT2D eigenvalue weighted by Gasteiger charge is 2.40. The van der Waals surface area contributed by atoms with Crippen LogP contribution in [0.3, 0.4) is 0 Å². The zero-order valence-electron chi connectivity index (χ0n) is 17.0. The van der Waals surface area contributed by atoms with Gasteiger partial charge < -0.3 is 9.47 Å². The van der Waals surface area contributed by atoms with Crippen molar-refractivity contribution in [2.75, 3.05) is 13.2 Å². The van der Waals surface area contributed by atoms with Gasteiger partial charge in [-0.2, -0.15) is 0 Å². The largest absolute Gasteiger partial charge is 0.465 e. The molecule has 2 aliphatic carbocycles. The standard InChI is InChI=1S/C22H38O4/c1-4-7-16-8-10-17(11-9-16)18-12-14-19(15-13-18)20(21(23)25-5-2)22(24)26-6-3/h16-20H,4-15H2,1-3H3. The molecule has 0 radical (unpaired) electrons. The molecule has 2 rings (SSSR count). The second-order valence-electron chi connectivity index (χ2n) is 8.23. The van der Waals surface area contributed by atoms with Crippen molar-refractivity contribution in [2.45, 2.75) is 85.0 Å². The Hall–Kier alpha value is -1.06. The topological polar surface area (TPSA) is 52.6 Å². The Morgan fingerprint density at radius 2 is 1.23 bits per heavy atom. The fourth-order valence-electron chi connectivity index (χ4n) is 5.25. The van der Waals surface area contributed by atoms with Crippen LogP contribution in [0.25, 0.3) is 0 Å². The molecule has 0 aromatic rings. The maximum absolute atomic E-state index is 12.3. The van der Waals surface area contributed by atoms with Crippen molar-refractivity contribution in [1.29, 1.82) is 0 Å². The van der Waals surface area contributed by atoms with Gasteiger partial charge in [-0.15, -0.1) is 0 Å². The Bertz CT molecular complexity index is 413. The van der Waals surface area contributed by atoms with Gasteiger partial charge in [0.25, 0.3) is 0 Å². The van der Waals surface area contributed by atoms with Crippen molar-refractivity contribution in [3.63, 3.8) is 0 Å². The smallest absolute Gasteiger partial charge is 0.320 e. The van der Waals surface area contributed by atoms with E-state index in [0.29, 0.717) is 13.2 Å². The van der Waals surface area contributed by atoms with Crippen LogP contribution in [-0.4, -0.2) is 25.2 Å². The zero-order valence-corrected chi connectivity index (χ0v) is 17.0. The number of hydrogen-bond donors (Lipinski definition) is 0. The summed E-state index contributed by atoms with van der Waals surface area (Å²) in [6.07, 6.45) is 12.4. The number of ether oxygens (including phenoxy) is 2. The maximum Gasteiger partial charge on any atom is 0.320 e. The van der Waals surface area contributed by atoms with Crippen molar-refractivity contribution in [1.82, 2.24) is 0 Å². The molecule has 4 heteroatoms. The highest BCUT2D eigenvalue weighted by molar-refractivity contribution is 5.95. The van der Waals surface area contributed by atoms with Crippen LogP contribution >= 0.6 is 0 Å². The lowest BCUT2D eigenvalue weighted by molar-refractivity contribution is -0.165. The van der Waals surface area contributed by atoms with Crippen LogP contribution in [0.2, 0.25) is 0 Å². The van der Waals surface area contributed by atoms with Crippen LogP contribution in [0.1, 0.15) is 85.0 Å². The Morgan fingerprint density at radius 1 is 0.769 bits per heavy atom. The lowest BCUT2D eigenvalue weighted by atomic mass is 9.67. The molecule has 26 heavy (non-hydrogen) atoms. The first-order valence-corrected chi connectivity index (χ1v) is 10.9. The zero-order chi connectivity index (χ0) is 18.9. The third kappa shape index (κ3) is 5.72. The quantitative estimate of drug-likeness (QED) is 0.441. The van der Waals surface area contributed by atoms with Gasteiger partial charge >= 0.3 is 11.9 Å². The second kappa shape index (κ2) is 10.9. The van der Waals surface area contributed by atoms with Gasteiger partial charge in [0.15, 0.2) is 5.92 Å². The van der Waals surface area contributed by atoms with Gasteiger partial charge in [-0.25, -0.2) is 0 Å². The van der Waals surface area contributed by atoms with Gasteiger partial charge in [-0.3, -0.25) is 9.59 Å². The van der Waals surface area contributed by atoms with Crippen LogP contribution in [0.15, 0.2) is 0 Å². The third-order valence-electron chi connectivity index (χ3n) is 6.62. The fraction of sp³-hybridized carbons (Fsp3) is 0.909. The van der Waals surface area contributed by atoms with E-state index in [2.05, 4.69) is 6.92 Å². The molecular formula is C22H38O4. The summed E-state index contributed by atoms with van der Waals surface area (Å²) in [4.78, 5) is 24.6. The highest BCUT2D eigenvalue weighted by atomic mass is 16.6. The molecule has 150 valence electrons. The molecule has 0 bridgehead atoms. The van der Waals surface area contributed by atoms with E-state index in [1.54, 1.807) is 13.8 Å². The average molecular weight is 367 g/mol. The summed E-state index contributed by atoms with van der Waals surface area (Å²) < 4.78 is 10.3. The van der Waals surface area contributed by atoms with Gasteiger partial charge in [0.2, 0.25) is 0 Å². The molecule has 0 aromatic carbocycles. The SMILES string of the molecule is CCCC1CCC(C2CCC(C(C(=O)OCC)C(=O)OCC)CC2)CC1. The first-order valence-electron chi connectivity index (χ1n) is 10.9. The molecule has 0 aromatic heterocycles. The third-order valence-corrected chi connectivity index (χ3v) is 6.62. The number of rotatable bonds is 8. The summed E-state index contributed by atoms with van der Waals surface area (Å²) >= 11 is 0. The van der Waals surface area contributed by atoms with E-state index in [1.807, 2.05) is 0 Å². The minimum absolute atomic E-state index is 0.0841. The van der Waals surface area contributed by atoms with Crippen molar-refractivity contribution in [2.24, 2.45) is 29.6 Å². The lowest BCUT2D eigenvalue weighted by Gasteiger charge is -2.38. The molecule has 2 fully saturated rings. The van der Waals surface area contributed by atoms with Crippen molar-refractivity contribution in [3.8, 4) is 0 Å². The summed E-state index contributed by atoms with van der Waals surface area (Å²) in [5, 5.41) is 0. The predicted molar refractivity (Wildman–Crippen MR) is 103 cm³/mol. The monoisotopic (exact) mass is 366 g/mol. The van der Waals surface area contributed by atoms with Crippen molar-refractivity contribution >= 4 is 11.9 Å². The minimum atomic E-state index is -0.726. The molecule has 0 saturated heterocycles. The summed E-state index contributed by atoms with van der Waals surface area (Å²) in [6.45, 7) is 6.48. The molecule has 0 aliphatic heterocycles. The van der Waals surface area contributed by atoms with Crippen LogP contribution in [0.5, 0.6) is 0 Å². The fourth-order valence-corrected chi connectivity index (χ4v) is 5.25. The van der Waals surface area contributed by atoms with Crippen molar-refractivity contribution in [3.05, 3.63) is 0 Å². The number of hydrogen-bond acceptors (Lipinski definition) is 4. The molecular weight excluding hydrogens is 328 g/mol. The summed E-state index contributed by atoms with van der Waals surface area (Å²) in [5.41, 5.74) is 0. The van der Waals surface area contributed by atoms with Crippen LogP contribution in [-0.2, 0) is 19.1 Å². The van der Waals surface area contributed by atoms with Gasteiger partial charge in [-0.05, 0) is 76.0 Å². The van der Waals surface area contributed by atoms with E-state index < -0.39 is 17.9 Å². The van der Waals surface area contributed by atoms with Gasteiger partial charge in [0, 0.05) is 0 Å². The van der Waals surface area contributed by atoms with Crippen LogP contribution in [0.4, 0.5) is 0 Å². The molecule has 0 amide bonds. The maximum atomic E-state index is 12.3. The van der Waals surface area contributed by atoms with E-state index in [9.17, 15) is 9.59 Å². The van der Waals surface area contributed by atoms with Crippen LogP contribution in [0, 0.1) is 29.6 Å². The molecule has 0 heterocycles. The molecule has 0 N–H and O–H groups in total. The summed E-state index contributed by atoms with van der Waals surface area (Å²) in [5.74, 6) is 1.15. The highest BCUT2D eigenvalue weighted by Crippen LogP contribution is 2.43. The molecule has 0 spiro atoms. The van der Waals surface area contributed by atoms with E-state index in [0.717, 1.165) is 43.4 Å². The predicted octanol–water partition coefficient (Wildman–Crippen LogP) is 5.14. The van der Waals surface area contributed by atoms with Gasteiger partial charge in [0.1, 0.15) is 0 Å². The van der Waals surface area contributed by atoms with Crippen molar-refractivity contribution < 1.29 is 19.1 Å². The van der Waals surface area contributed by atoms with Crippen LogP contribution < -0.4 is 0 Å². The molecule has 0 unspecified atom stereocenters.